The van der Waals surface area contributed by atoms with E-state index in [-0.39, 0.29) is 49.6 Å². The first-order valence-electron chi connectivity index (χ1n) is 21.5. The molecule has 7 aromatic carbocycles. The standard InChI is InChI=1S/C39H26N2/c1-3-13-27(14-4-1)37-31-17-7-9-19-33(31)38(34-20-10-8-18-32(34)37)28-23-25-30(26-24-28)41-36-22-12-11-21-35(36)40-39(41)29-15-5-2-6-16-29/h1-26H/i1D,2D,3D,4D,5D,6D,7D,8D,9D,10D,13D,14D,15D,16D,17D,18D,19D,20D. The van der Waals surface area contributed by atoms with Crippen molar-refractivity contribution in [3.63, 3.8) is 0 Å². The van der Waals surface area contributed by atoms with Gasteiger partial charge in [0.05, 0.1) is 35.7 Å². The molecular formula is C39H26N2. The second-order valence-electron chi connectivity index (χ2n) is 9.06. The first kappa shape index (κ1) is 11.6. The van der Waals surface area contributed by atoms with Gasteiger partial charge < -0.3 is 0 Å². The maximum absolute atomic E-state index is 9.18. The number of hydrogen-bond acceptors (Lipinski definition) is 1. The predicted molar refractivity (Wildman–Crippen MR) is 172 cm³/mol. The Morgan fingerprint density at radius 1 is 0.463 bits per heavy atom. The van der Waals surface area contributed by atoms with E-state index in [1.807, 2.05) is 0 Å². The number of benzene rings is 7. The van der Waals surface area contributed by atoms with E-state index in [2.05, 4.69) is 4.98 Å². The Morgan fingerprint density at radius 2 is 0.951 bits per heavy atom. The van der Waals surface area contributed by atoms with Crippen molar-refractivity contribution in [2.24, 2.45) is 0 Å². The van der Waals surface area contributed by atoms with E-state index in [0.717, 1.165) is 0 Å². The van der Waals surface area contributed by atoms with Crippen LogP contribution in [0.25, 0.3) is 71.9 Å². The van der Waals surface area contributed by atoms with Crippen molar-refractivity contribution in [1.82, 2.24) is 9.55 Å². The summed E-state index contributed by atoms with van der Waals surface area (Å²) in [5.74, 6) is 0.0260. The SMILES string of the molecule is [2H]c1c([2H])c([2H])c(-c2c3c([2H])c([2H])c([2H])c([2H])c3c(-c3ccc(-n4c(-c5c([2H])c([2H])c([2H])c([2H])c5[2H])nc5ccccc54)cc3)c3c([2H])c([2H])c([2H])c([2H])c23)c([2H])c1[2H]. The minimum absolute atomic E-state index is 0.0260. The molecule has 0 bridgehead atoms. The van der Waals surface area contributed by atoms with E-state index in [0.29, 0.717) is 16.7 Å². The minimum atomic E-state index is -0.765. The molecule has 0 aliphatic carbocycles. The zero-order valence-electron chi connectivity index (χ0n) is 39.0. The van der Waals surface area contributed by atoms with Crippen LogP contribution in [0.1, 0.15) is 24.7 Å². The lowest BCUT2D eigenvalue weighted by Gasteiger charge is -2.18. The van der Waals surface area contributed by atoms with E-state index >= 15 is 0 Å². The van der Waals surface area contributed by atoms with Crippen molar-refractivity contribution in [2.45, 2.75) is 0 Å². The van der Waals surface area contributed by atoms with Crippen LogP contribution >= 0.6 is 0 Å². The van der Waals surface area contributed by atoms with E-state index in [1.165, 1.54) is 12.1 Å². The van der Waals surface area contributed by atoms with Crippen LogP contribution in [0.4, 0.5) is 0 Å². The van der Waals surface area contributed by atoms with E-state index in [4.69, 9.17) is 21.9 Å². The molecule has 2 nitrogen and oxygen atoms in total. The third-order valence-corrected chi connectivity index (χ3v) is 6.82. The van der Waals surface area contributed by atoms with Gasteiger partial charge in [-0.05, 0) is 68.1 Å². The molecule has 0 aliphatic heterocycles. The second kappa shape index (κ2) is 9.62. The molecule has 0 amide bonds. The van der Waals surface area contributed by atoms with Gasteiger partial charge in [-0.1, -0.05) is 133 Å². The normalized spacial score (nSPS) is 17.6. The van der Waals surface area contributed by atoms with Gasteiger partial charge in [0.1, 0.15) is 5.82 Å². The lowest BCUT2D eigenvalue weighted by atomic mass is 9.86. The Labute approximate surface area is 264 Å². The lowest BCUT2D eigenvalue weighted by Crippen LogP contribution is -1.97. The van der Waals surface area contributed by atoms with Crippen molar-refractivity contribution in [1.29, 1.82) is 0 Å². The van der Waals surface area contributed by atoms with Crippen molar-refractivity contribution < 1.29 is 24.7 Å². The van der Waals surface area contributed by atoms with Gasteiger partial charge in [-0.3, -0.25) is 4.57 Å². The first-order valence-corrected chi connectivity index (χ1v) is 12.5. The van der Waals surface area contributed by atoms with Crippen LogP contribution in [-0.4, -0.2) is 9.55 Å². The molecule has 8 rings (SSSR count). The molecule has 0 fully saturated rings. The molecule has 0 atom stereocenters. The molecular weight excluding hydrogens is 496 g/mol. The highest BCUT2D eigenvalue weighted by Crippen LogP contribution is 2.43. The zero-order valence-corrected chi connectivity index (χ0v) is 21.0. The summed E-state index contributed by atoms with van der Waals surface area (Å²) in [4.78, 5) is 4.66. The fourth-order valence-electron chi connectivity index (χ4n) is 5.13. The van der Waals surface area contributed by atoms with Crippen LogP contribution in [0.5, 0.6) is 0 Å². The Hall–Kier alpha value is -5.47. The Bertz CT molecular complexity index is 3050. The highest BCUT2D eigenvalue weighted by atomic mass is 15.1. The van der Waals surface area contributed by atoms with Gasteiger partial charge in [0.25, 0.3) is 0 Å². The zero-order chi connectivity index (χ0) is 42.8. The summed E-state index contributed by atoms with van der Waals surface area (Å²) in [6.45, 7) is 0. The number of aromatic nitrogens is 2. The summed E-state index contributed by atoms with van der Waals surface area (Å²) in [5.41, 5.74) is 0.378. The van der Waals surface area contributed by atoms with Gasteiger partial charge in [0.2, 0.25) is 0 Å². The molecule has 2 heteroatoms. The molecule has 1 aromatic heterocycles. The minimum Gasteiger partial charge on any atom is -0.292 e. The van der Waals surface area contributed by atoms with Crippen LogP contribution in [-0.2, 0) is 0 Å². The van der Waals surface area contributed by atoms with Crippen molar-refractivity contribution in [2.75, 3.05) is 0 Å². The van der Waals surface area contributed by atoms with Crippen LogP contribution in [0.2, 0.25) is 0 Å². The summed E-state index contributed by atoms with van der Waals surface area (Å²) in [6, 6.07) is 1.18. The smallest absolute Gasteiger partial charge is 0.145 e. The average molecular weight is 541 g/mol. The van der Waals surface area contributed by atoms with E-state index < -0.39 is 114 Å². The molecule has 41 heavy (non-hydrogen) atoms. The van der Waals surface area contributed by atoms with Crippen molar-refractivity contribution >= 4 is 32.6 Å². The van der Waals surface area contributed by atoms with Gasteiger partial charge in [0.15, 0.2) is 0 Å². The largest absolute Gasteiger partial charge is 0.292 e. The quantitative estimate of drug-likeness (QED) is 0.203. The van der Waals surface area contributed by atoms with Crippen LogP contribution in [0.15, 0.2) is 157 Å². The van der Waals surface area contributed by atoms with Gasteiger partial charge in [0, 0.05) is 11.3 Å². The van der Waals surface area contributed by atoms with Crippen molar-refractivity contribution in [3.8, 4) is 39.3 Å². The molecule has 0 aliphatic rings. The highest BCUT2D eigenvalue weighted by molar-refractivity contribution is 6.21. The Morgan fingerprint density at radius 3 is 1.54 bits per heavy atom. The average Bonchev–Trinajstić information content (AvgIpc) is 3.61. The van der Waals surface area contributed by atoms with E-state index in [1.54, 1.807) is 41.0 Å². The van der Waals surface area contributed by atoms with Gasteiger partial charge >= 0.3 is 0 Å². The molecule has 8 aromatic rings. The van der Waals surface area contributed by atoms with Crippen LogP contribution < -0.4 is 0 Å². The number of nitrogens with zero attached hydrogens (tertiary/aromatic N) is 2. The third kappa shape index (κ3) is 3.84. The topological polar surface area (TPSA) is 17.8 Å². The van der Waals surface area contributed by atoms with Crippen LogP contribution in [0, 0.1) is 0 Å². The number of imidazole rings is 1. The summed E-state index contributed by atoms with van der Waals surface area (Å²) in [7, 11) is 0. The lowest BCUT2D eigenvalue weighted by molar-refractivity contribution is 1.10. The van der Waals surface area contributed by atoms with Crippen LogP contribution in [0.3, 0.4) is 0 Å². The monoisotopic (exact) mass is 540 g/mol. The molecule has 0 radical (unpaired) electrons. The van der Waals surface area contributed by atoms with E-state index in [9.17, 15) is 2.74 Å². The molecule has 0 spiro atoms. The fourth-order valence-corrected chi connectivity index (χ4v) is 5.13. The maximum Gasteiger partial charge on any atom is 0.145 e. The third-order valence-electron chi connectivity index (χ3n) is 6.82. The predicted octanol–water partition coefficient (Wildman–Crippen LogP) is 10.3. The molecule has 0 saturated carbocycles. The first-order chi connectivity index (χ1) is 27.8. The summed E-state index contributed by atoms with van der Waals surface area (Å²) in [5, 5.41) is -1.16. The van der Waals surface area contributed by atoms with Crippen molar-refractivity contribution in [3.05, 3.63) is 157 Å². The summed E-state index contributed by atoms with van der Waals surface area (Å²) < 4.78 is 158. The number of hydrogen-bond donors (Lipinski definition) is 0. The highest BCUT2D eigenvalue weighted by Gasteiger charge is 2.18. The van der Waals surface area contributed by atoms with Gasteiger partial charge in [-0.25, -0.2) is 4.98 Å². The number of rotatable bonds is 4. The molecule has 0 saturated heterocycles. The molecule has 0 N–H and O–H groups in total. The summed E-state index contributed by atoms with van der Waals surface area (Å²) >= 11 is 0. The van der Waals surface area contributed by atoms with Gasteiger partial charge in [-0.2, -0.15) is 0 Å². The maximum atomic E-state index is 9.18. The molecule has 1 heterocycles. The fraction of sp³-hybridized carbons (Fsp3) is 0. The second-order valence-corrected chi connectivity index (χ2v) is 9.06. The molecule has 0 unspecified atom stereocenters. The summed E-state index contributed by atoms with van der Waals surface area (Å²) in [6.07, 6.45) is 0. The molecule has 192 valence electrons. The van der Waals surface area contributed by atoms with Gasteiger partial charge in [-0.15, -0.1) is 0 Å². The number of fused-ring (bicyclic) bond motifs is 3. The number of para-hydroxylation sites is 2. The Kier molecular flexibility index (Phi) is 2.71. The Balaban J connectivity index is 1.53.